The highest BCUT2D eigenvalue weighted by molar-refractivity contribution is 5.90. The molecule has 0 spiro atoms. The first-order chi connectivity index (χ1) is 9.13. The molecule has 2 rings (SSSR count). The fourth-order valence-corrected chi connectivity index (χ4v) is 2.23. The Labute approximate surface area is 112 Å². The van der Waals surface area contributed by atoms with Crippen molar-refractivity contribution in [2.45, 2.75) is 18.6 Å². The van der Waals surface area contributed by atoms with E-state index in [-0.39, 0.29) is 11.8 Å². The van der Waals surface area contributed by atoms with Crippen LogP contribution in [0.1, 0.15) is 18.1 Å². The molecule has 0 saturated carbocycles. The normalized spacial score (nSPS) is 20.4. The molecular formula is C14H18N2O3. The molecule has 2 atom stereocenters. The Balaban J connectivity index is 2.04. The van der Waals surface area contributed by atoms with Gasteiger partial charge in [0.2, 0.25) is 5.91 Å². The fourth-order valence-electron chi connectivity index (χ4n) is 2.23. The molecule has 1 N–H and O–H groups in total. The Bertz CT molecular complexity index is 461. The lowest BCUT2D eigenvalue weighted by atomic mass is 10.1. The zero-order valence-electron chi connectivity index (χ0n) is 11.1. The Hall–Kier alpha value is -1.88. The van der Waals surface area contributed by atoms with Crippen LogP contribution in [0.2, 0.25) is 0 Å². The summed E-state index contributed by atoms with van der Waals surface area (Å²) >= 11 is 0. The zero-order valence-corrected chi connectivity index (χ0v) is 11.1. The molecule has 0 aliphatic carbocycles. The Morgan fingerprint density at radius 2 is 2.11 bits per heavy atom. The molecule has 5 nitrogen and oxygen atoms in total. The van der Waals surface area contributed by atoms with E-state index in [4.69, 9.17) is 4.74 Å². The first kappa shape index (κ1) is 13.5. The van der Waals surface area contributed by atoms with Crippen molar-refractivity contribution in [1.82, 2.24) is 10.2 Å². The Kier molecular flexibility index (Phi) is 4.16. The summed E-state index contributed by atoms with van der Waals surface area (Å²) < 4.78 is 5.23. The van der Waals surface area contributed by atoms with Gasteiger partial charge in [0.05, 0.1) is 0 Å². The van der Waals surface area contributed by atoms with Crippen molar-refractivity contribution in [1.29, 1.82) is 0 Å². The molecule has 5 heteroatoms. The molecule has 1 aromatic carbocycles. The zero-order chi connectivity index (χ0) is 13.8. The van der Waals surface area contributed by atoms with E-state index in [1.807, 2.05) is 30.3 Å². The van der Waals surface area contributed by atoms with Crippen LogP contribution in [0.3, 0.4) is 0 Å². The molecule has 2 amide bonds. The first-order valence-electron chi connectivity index (χ1n) is 6.26. The third-order valence-electron chi connectivity index (χ3n) is 3.32. The predicted molar refractivity (Wildman–Crippen MR) is 70.4 cm³/mol. The Morgan fingerprint density at radius 1 is 1.42 bits per heavy atom. The van der Waals surface area contributed by atoms with E-state index in [9.17, 15) is 9.59 Å². The van der Waals surface area contributed by atoms with E-state index in [0.29, 0.717) is 13.0 Å². The highest BCUT2D eigenvalue weighted by atomic mass is 16.5. The number of likely N-dealkylation sites (tertiary alicyclic amines) is 1. The molecular weight excluding hydrogens is 244 g/mol. The minimum absolute atomic E-state index is 0.0451. The molecule has 1 fully saturated rings. The van der Waals surface area contributed by atoms with Crippen molar-refractivity contribution < 1.29 is 14.3 Å². The van der Waals surface area contributed by atoms with Crippen molar-refractivity contribution in [3.05, 3.63) is 35.9 Å². The van der Waals surface area contributed by atoms with Gasteiger partial charge in [0.25, 0.3) is 5.91 Å². The van der Waals surface area contributed by atoms with Gasteiger partial charge in [0.1, 0.15) is 6.04 Å². The monoisotopic (exact) mass is 262 g/mol. The van der Waals surface area contributed by atoms with E-state index in [1.54, 1.807) is 11.9 Å². The lowest BCUT2D eigenvalue weighted by Crippen LogP contribution is -2.43. The molecule has 1 saturated heterocycles. The van der Waals surface area contributed by atoms with Crippen LogP contribution in [0.15, 0.2) is 30.3 Å². The number of nitrogens with zero attached hydrogens (tertiary/aromatic N) is 1. The predicted octanol–water partition coefficient (Wildman–Crippen LogP) is 0.721. The summed E-state index contributed by atoms with van der Waals surface area (Å²) in [5.41, 5.74) is 0.779. The summed E-state index contributed by atoms with van der Waals surface area (Å²) in [6.45, 7) is 0.673. The quantitative estimate of drug-likeness (QED) is 0.870. The summed E-state index contributed by atoms with van der Waals surface area (Å²) in [4.78, 5) is 25.6. The first-order valence-corrected chi connectivity index (χ1v) is 6.26. The SMILES string of the molecule is CO[C@@H](C(=O)N[C@H]1CCN(C)C1=O)c1ccccc1. The van der Waals surface area contributed by atoms with Crippen molar-refractivity contribution in [3.8, 4) is 0 Å². The van der Waals surface area contributed by atoms with Crippen LogP contribution in [0.5, 0.6) is 0 Å². The summed E-state index contributed by atoms with van der Waals surface area (Å²) in [7, 11) is 3.22. The number of ether oxygens (including phenoxy) is 1. The van der Waals surface area contributed by atoms with Crippen LogP contribution < -0.4 is 5.32 Å². The molecule has 0 bridgehead atoms. The van der Waals surface area contributed by atoms with Crippen LogP contribution in [0, 0.1) is 0 Å². The van der Waals surface area contributed by atoms with Gasteiger partial charge in [-0.25, -0.2) is 0 Å². The lowest BCUT2D eigenvalue weighted by molar-refractivity contribution is -0.136. The highest BCUT2D eigenvalue weighted by Gasteiger charge is 2.32. The van der Waals surface area contributed by atoms with Crippen LogP contribution in [-0.4, -0.2) is 43.5 Å². The molecule has 1 heterocycles. The highest BCUT2D eigenvalue weighted by Crippen LogP contribution is 2.17. The second-order valence-corrected chi connectivity index (χ2v) is 4.64. The van der Waals surface area contributed by atoms with Crippen LogP contribution >= 0.6 is 0 Å². The third kappa shape index (κ3) is 2.93. The van der Waals surface area contributed by atoms with Gasteiger partial charge in [-0.1, -0.05) is 30.3 Å². The maximum Gasteiger partial charge on any atom is 0.254 e. The Morgan fingerprint density at radius 3 is 2.63 bits per heavy atom. The van der Waals surface area contributed by atoms with Crippen LogP contribution in [0.25, 0.3) is 0 Å². The van der Waals surface area contributed by atoms with Gasteiger partial charge < -0.3 is 15.0 Å². The second-order valence-electron chi connectivity index (χ2n) is 4.64. The minimum Gasteiger partial charge on any atom is -0.367 e. The standard InChI is InChI=1S/C14H18N2O3/c1-16-9-8-11(14(16)18)15-13(17)12(19-2)10-6-4-3-5-7-10/h3-7,11-12H,8-9H2,1-2H3,(H,15,17)/t11-,12+/m0/s1. The number of carbonyl (C=O) groups excluding carboxylic acids is 2. The largest absolute Gasteiger partial charge is 0.367 e. The summed E-state index contributed by atoms with van der Waals surface area (Å²) in [6, 6.07) is 8.81. The molecule has 19 heavy (non-hydrogen) atoms. The molecule has 0 aromatic heterocycles. The number of rotatable bonds is 4. The summed E-state index contributed by atoms with van der Waals surface area (Å²) in [5, 5.41) is 2.75. The summed E-state index contributed by atoms with van der Waals surface area (Å²) in [6.07, 6.45) is -0.0355. The van der Waals surface area contributed by atoms with Crippen molar-refractivity contribution in [3.63, 3.8) is 0 Å². The molecule has 0 unspecified atom stereocenters. The van der Waals surface area contributed by atoms with Gasteiger partial charge in [0, 0.05) is 20.7 Å². The van der Waals surface area contributed by atoms with E-state index in [0.717, 1.165) is 5.56 Å². The topological polar surface area (TPSA) is 58.6 Å². The van der Waals surface area contributed by atoms with Crippen molar-refractivity contribution >= 4 is 11.8 Å². The number of nitrogens with one attached hydrogen (secondary N) is 1. The van der Waals surface area contributed by atoms with E-state index in [2.05, 4.69) is 5.32 Å². The van der Waals surface area contributed by atoms with Gasteiger partial charge in [-0.2, -0.15) is 0 Å². The number of methoxy groups -OCH3 is 1. The van der Waals surface area contributed by atoms with E-state index in [1.165, 1.54) is 7.11 Å². The summed E-state index contributed by atoms with van der Waals surface area (Å²) in [5.74, 6) is -0.321. The average molecular weight is 262 g/mol. The van der Waals surface area contributed by atoms with Gasteiger partial charge in [0.15, 0.2) is 6.10 Å². The molecule has 102 valence electrons. The van der Waals surface area contributed by atoms with Crippen molar-refractivity contribution in [2.75, 3.05) is 20.7 Å². The maximum absolute atomic E-state index is 12.2. The minimum atomic E-state index is -0.681. The smallest absolute Gasteiger partial charge is 0.254 e. The lowest BCUT2D eigenvalue weighted by Gasteiger charge is -2.18. The van der Waals surface area contributed by atoms with Crippen LogP contribution in [-0.2, 0) is 14.3 Å². The average Bonchev–Trinajstić information content (AvgIpc) is 2.73. The number of likely N-dealkylation sites (N-methyl/N-ethyl adjacent to an activating group) is 1. The van der Waals surface area contributed by atoms with Gasteiger partial charge in [-0.3, -0.25) is 9.59 Å². The van der Waals surface area contributed by atoms with Gasteiger partial charge >= 0.3 is 0 Å². The van der Waals surface area contributed by atoms with E-state index >= 15 is 0 Å². The second kappa shape index (κ2) is 5.84. The molecule has 1 aliphatic heterocycles. The maximum atomic E-state index is 12.2. The fraction of sp³-hybridized carbons (Fsp3) is 0.429. The number of amides is 2. The third-order valence-corrected chi connectivity index (χ3v) is 3.32. The molecule has 1 aromatic rings. The van der Waals surface area contributed by atoms with Gasteiger partial charge in [-0.15, -0.1) is 0 Å². The van der Waals surface area contributed by atoms with Gasteiger partial charge in [-0.05, 0) is 12.0 Å². The molecule has 1 aliphatic rings. The van der Waals surface area contributed by atoms with Crippen molar-refractivity contribution in [2.24, 2.45) is 0 Å². The van der Waals surface area contributed by atoms with E-state index < -0.39 is 12.1 Å². The number of hydrogen-bond donors (Lipinski definition) is 1. The number of carbonyl (C=O) groups is 2. The number of benzene rings is 1. The van der Waals surface area contributed by atoms with Crippen LogP contribution in [0.4, 0.5) is 0 Å². The number of hydrogen-bond acceptors (Lipinski definition) is 3. The molecule has 0 radical (unpaired) electrons.